The van der Waals surface area contributed by atoms with Gasteiger partial charge in [0, 0.05) is 0 Å². The van der Waals surface area contributed by atoms with Crippen molar-refractivity contribution in [2.45, 2.75) is 13.0 Å². The third-order valence-electron chi connectivity index (χ3n) is 1.05. The second-order valence-corrected chi connectivity index (χ2v) is 2.18. The van der Waals surface area contributed by atoms with Crippen molar-refractivity contribution in [3.05, 3.63) is 0 Å². The SMILES string of the molecule is CC(O)C(=O)OCCOCCO. The topological polar surface area (TPSA) is 76.0 Å². The second kappa shape index (κ2) is 7.02. The summed E-state index contributed by atoms with van der Waals surface area (Å²) in [5.74, 6) is -0.664. The van der Waals surface area contributed by atoms with E-state index in [0.717, 1.165) is 0 Å². The van der Waals surface area contributed by atoms with E-state index >= 15 is 0 Å². The van der Waals surface area contributed by atoms with Gasteiger partial charge in [-0.2, -0.15) is 0 Å². The Morgan fingerprint density at radius 3 is 2.58 bits per heavy atom. The maximum atomic E-state index is 10.6. The Hall–Kier alpha value is -0.650. The molecule has 0 spiro atoms. The van der Waals surface area contributed by atoms with E-state index in [4.69, 9.17) is 14.9 Å². The first-order valence-corrected chi connectivity index (χ1v) is 3.71. The van der Waals surface area contributed by atoms with E-state index in [0.29, 0.717) is 0 Å². The quantitative estimate of drug-likeness (QED) is 0.399. The molecule has 1 atom stereocenters. The summed E-state index contributed by atoms with van der Waals surface area (Å²) in [7, 11) is 0. The molecular formula is C7H14O5. The predicted molar refractivity (Wildman–Crippen MR) is 40.5 cm³/mol. The number of hydrogen-bond donors (Lipinski definition) is 2. The van der Waals surface area contributed by atoms with Crippen LogP contribution < -0.4 is 0 Å². The van der Waals surface area contributed by atoms with Crippen molar-refractivity contribution >= 4 is 5.97 Å². The molecule has 0 saturated heterocycles. The normalized spacial score (nSPS) is 12.6. The minimum absolute atomic E-state index is 0.0512. The van der Waals surface area contributed by atoms with E-state index in [1.54, 1.807) is 0 Å². The van der Waals surface area contributed by atoms with Crippen molar-refractivity contribution in [3.8, 4) is 0 Å². The molecule has 0 aromatic carbocycles. The Balaban J connectivity index is 3.14. The van der Waals surface area contributed by atoms with E-state index in [9.17, 15) is 4.79 Å². The maximum Gasteiger partial charge on any atom is 0.334 e. The van der Waals surface area contributed by atoms with Crippen molar-refractivity contribution < 1.29 is 24.5 Å². The van der Waals surface area contributed by atoms with Crippen molar-refractivity contribution in [1.82, 2.24) is 0 Å². The van der Waals surface area contributed by atoms with Crippen LogP contribution in [0.5, 0.6) is 0 Å². The van der Waals surface area contributed by atoms with Gasteiger partial charge in [-0.15, -0.1) is 0 Å². The summed E-state index contributed by atoms with van der Waals surface area (Å²) >= 11 is 0. The Morgan fingerprint density at radius 1 is 1.42 bits per heavy atom. The number of rotatable bonds is 6. The van der Waals surface area contributed by atoms with E-state index in [1.165, 1.54) is 6.92 Å². The Kier molecular flexibility index (Phi) is 6.64. The molecule has 0 saturated carbocycles. The molecular weight excluding hydrogens is 164 g/mol. The van der Waals surface area contributed by atoms with Gasteiger partial charge in [0.15, 0.2) is 0 Å². The van der Waals surface area contributed by atoms with Gasteiger partial charge in [0.1, 0.15) is 12.7 Å². The molecule has 5 heteroatoms. The molecule has 0 aromatic heterocycles. The zero-order chi connectivity index (χ0) is 9.40. The first-order valence-electron chi connectivity index (χ1n) is 3.71. The van der Waals surface area contributed by atoms with Gasteiger partial charge in [0.25, 0.3) is 0 Å². The summed E-state index contributed by atoms with van der Waals surface area (Å²) < 4.78 is 9.36. The fourth-order valence-corrected chi connectivity index (χ4v) is 0.488. The summed E-state index contributed by atoms with van der Waals surface area (Å²) in [6.07, 6.45) is -1.09. The molecule has 2 N–H and O–H groups in total. The standard InChI is InChI=1S/C7H14O5/c1-6(9)7(10)12-5-4-11-3-2-8/h6,8-9H,2-5H2,1H3. The van der Waals surface area contributed by atoms with Crippen LogP contribution in [0.25, 0.3) is 0 Å². The minimum Gasteiger partial charge on any atom is -0.461 e. The maximum absolute atomic E-state index is 10.6. The number of esters is 1. The summed E-state index contributed by atoms with van der Waals surface area (Å²) in [5.41, 5.74) is 0. The summed E-state index contributed by atoms with van der Waals surface area (Å²) in [5, 5.41) is 17.0. The molecule has 0 aliphatic carbocycles. The predicted octanol–water partition coefficient (Wildman–Crippen LogP) is -1.08. The molecule has 0 bridgehead atoms. The van der Waals surface area contributed by atoms with Gasteiger partial charge in [-0.1, -0.05) is 0 Å². The average molecular weight is 178 g/mol. The molecule has 0 aliphatic heterocycles. The lowest BCUT2D eigenvalue weighted by molar-refractivity contribution is -0.154. The summed E-state index contributed by atoms with van der Waals surface area (Å²) in [6.45, 7) is 1.84. The Bertz CT molecular complexity index is 123. The van der Waals surface area contributed by atoms with E-state index in [1.807, 2.05) is 0 Å². The lowest BCUT2D eigenvalue weighted by Gasteiger charge is -2.06. The number of aliphatic hydroxyl groups excluding tert-OH is 2. The van der Waals surface area contributed by atoms with E-state index < -0.39 is 12.1 Å². The van der Waals surface area contributed by atoms with Crippen molar-refractivity contribution in [3.63, 3.8) is 0 Å². The molecule has 72 valence electrons. The molecule has 1 unspecified atom stereocenters. The number of carbonyl (C=O) groups excluding carboxylic acids is 1. The number of aliphatic hydroxyl groups is 2. The van der Waals surface area contributed by atoms with Crippen LogP contribution in [0.2, 0.25) is 0 Å². The number of ether oxygens (including phenoxy) is 2. The first-order chi connectivity index (χ1) is 5.68. The van der Waals surface area contributed by atoms with Gasteiger partial charge in [-0.05, 0) is 6.92 Å². The fourth-order valence-electron chi connectivity index (χ4n) is 0.488. The first kappa shape index (κ1) is 11.4. The highest BCUT2D eigenvalue weighted by Gasteiger charge is 2.08. The molecule has 0 aromatic rings. The van der Waals surface area contributed by atoms with Crippen molar-refractivity contribution in [2.24, 2.45) is 0 Å². The molecule has 0 fully saturated rings. The Morgan fingerprint density at radius 2 is 2.08 bits per heavy atom. The minimum atomic E-state index is -1.09. The van der Waals surface area contributed by atoms with Gasteiger partial charge in [0.05, 0.1) is 19.8 Å². The summed E-state index contributed by atoms with van der Waals surface area (Å²) in [6, 6.07) is 0. The van der Waals surface area contributed by atoms with E-state index in [-0.39, 0.29) is 26.4 Å². The number of carbonyl (C=O) groups is 1. The van der Waals surface area contributed by atoms with Crippen LogP contribution in [0.1, 0.15) is 6.92 Å². The lowest BCUT2D eigenvalue weighted by atomic mass is 10.4. The monoisotopic (exact) mass is 178 g/mol. The van der Waals surface area contributed by atoms with Crippen LogP contribution in [-0.2, 0) is 14.3 Å². The Labute approximate surface area is 70.9 Å². The van der Waals surface area contributed by atoms with Gasteiger partial charge in [-0.3, -0.25) is 0 Å². The van der Waals surface area contributed by atoms with Gasteiger partial charge in [-0.25, -0.2) is 4.79 Å². The third-order valence-corrected chi connectivity index (χ3v) is 1.05. The lowest BCUT2D eigenvalue weighted by Crippen LogP contribution is -2.21. The zero-order valence-electron chi connectivity index (χ0n) is 7.02. The van der Waals surface area contributed by atoms with Gasteiger partial charge >= 0.3 is 5.97 Å². The molecule has 0 radical (unpaired) electrons. The molecule has 0 heterocycles. The largest absolute Gasteiger partial charge is 0.461 e. The smallest absolute Gasteiger partial charge is 0.334 e. The zero-order valence-corrected chi connectivity index (χ0v) is 7.02. The highest BCUT2D eigenvalue weighted by atomic mass is 16.6. The average Bonchev–Trinajstić information content (AvgIpc) is 2.03. The molecule has 12 heavy (non-hydrogen) atoms. The molecule has 0 rings (SSSR count). The van der Waals surface area contributed by atoms with Crippen LogP contribution >= 0.6 is 0 Å². The second-order valence-electron chi connectivity index (χ2n) is 2.18. The highest BCUT2D eigenvalue weighted by molar-refractivity contribution is 5.73. The van der Waals surface area contributed by atoms with Gasteiger partial charge in [0.2, 0.25) is 0 Å². The van der Waals surface area contributed by atoms with Crippen molar-refractivity contribution in [1.29, 1.82) is 0 Å². The van der Waals surface area contributed by atoms with E-state index in [2.05, 4.69) is 4.74 Å². The van der Waals surface area contributed by atoms with Crippen LogP contribution in [0.4, 0.5) is 0 Å². The molecule has 5 nitrogen and oxygen atoms in total. The van der Waals surface area contributed by atoms with Crippen molar-refractivity contribution in [2.75, 3.05) is 26.4 Å². The van der Waals surface area contributed by atoms with Crippen LogP contribution in [0.3, 0.4) is 0 Å². The summed E-state index contributed by atoms with van der Waals surface area (Å²) in [4.78, 5) is 10.6. The number of hydrogen-bond acceptors (Lipinski definition) is 5. The van der Waals surface area contributed by atoms with Gasteiger partial charge < -0.3 is 19.7 Å². The van der Waals surface area contributed by atoms with Crippen LogP contribution in [-0.4, -0.2) is 48.7 Å². The van der Waals surface area contributed by atoms with Crippen LogP contribution in [0.15, 0.2) is 0 Å². The fraction of sp³-hybridized carbons (Fsp3) is 0.857. The molecule has 0 aliphatic rings. The highest BCUT2D eigenvalue weighted by Crippen LogP contribution is 1.86. The third kappa shape index (κ3) is 6.09. The van der Waals surface area contributed by atoms with Crippen LogP contribution in [0, 0.1) is 0 Å². The molecule has 0 amide bonds.